The number of halogens is 1. The average molecular weight is 285 g/mol. The van der Waals surface area contributed by atoms with Crippen LogP contribution in [0.5, 0.6) is 5.75 Å². The highest BCUT2D eigenvalue weighted by molar-refractivity contribution is 9.08. The summed E-state index contributed by atoms with van der Waals surface area (Å²) in [6.45, 7) is 9.48. The molecule has 0 unspecified atom stereocenters. The second-order valence-corrected chi connectivity index (χ2v) is 5.28. The van der Waals surface area contributed by atoms with Crippen molar-refractivity contribution in [1.29, 1.82) is 0 Å². The Bertz CT molecular complexity index is 322. The summed E-state index contributed by atoms with van der Waals surface area (Å²) in [4.78, 5) is 0. The van der Waals surface area contributed by atoms with Gasteiger partial charge in [-0.1, -0.05) is 41.9 Å². The predicted octanol–water partition coefficient (Wildman–Crippen LogP) is 4.62. The molecule has 0 aromatic heterocycles. The van der Waals surface area contributed by atoms with Crippen molar-refractivity contribution in [3.63, 3.8) is 0 Å². The van der Waals surface area contributed by atoms with Gasteiger partial charge < -0.3 is 4.74 Å². The molecule has 0 aliphatic heterocycles. The SMILES string of the molecule is Cc1cc(CBr)cc(C)c1OCCC(C)C. The second kappa shape index (κ2) is 6.29. The molecular formula is C14H21BrO. The lowest BCUT2D eigenvalue weighted by molar-refractivity contribution is 0.286. The van der Waals surface area contributed by atoms with Gasteiger partial charge in [-0.05, 0) is 42.9 Å². The summed E-state index contributed by atoms with van der Waals surface area (Å²) in [6, 6.07) is 4.37. The molecule has 0 aliphatic rings. The van der Waals surface area contributed by atoms with Gasteiger partial charge in [-0.25, -0.2) is 0 Å². The summed E-state index contributed by atoms with van der Waals surface area (Å²) < 4.78 is 5.86. The molecule has 0 aliphatic carbocycles. The molecule has 1 nitrogen and oxygen atoms in total. The number of aryl methyl sites for hydroxylation is 2. The van der Waals surface area contributed by atoms with Crippen LogP contribution in [0.4, 0.5) is 0 Å². The molecule has 0 saturated carbocycles. The van der Waals surface area contributed by atoms with Gasteiger partial charge in [0.2, 0.25) is 0 Å². The largest absolute Gasteiger partial charge is 0.493 e. The molecule has 90 valence electrons. The van der Waals surface area contributed by atoms with Crippen LogP contribution in [0.25, 0.3) is 0 Å². The molecule has 0 atom stereocenters. The normalized spacial score (nSPS) is 10.9. The Balaban J connectivity index is 2.72. The van der Waals surface area contributed by atoms with Crippen LogP contribution >= 0.6 is 15.9 Å². The number of ether oxygens (including phenoxy) is 1. The van der Waals surface area contributed by atoms with E-state index in [1.54, 1.807) is 0 Å². The van der Waals surface area contributed by atoms with Gasteiger partial charge in [-0.3, -0.25) is 0 Å². The molecule has 0 N–H and O–H groups in total. The minimum absolute atomic E-state index is 0.697. The lowest BCUT2D eigenvalue weighted by Gasteiger charge is -2.14. The number of alkyl halides is 1. The van der Waals surface area contributed by atoms with Gasteiger partial charge in [-0.15, -0.1) is 0 Å². The summed E-state index contributed by atoms with van der Waals surface area (Å²) in [6.07, 6.45) is 1.11. The Morgan fingerprint density at radius 1 is 1.19 bits per heavy atom. The number of benzene rings is 1. The van der Waals surface area contributed by atoms with E-state index in [1.807, 2.05) is 0 Å². The number of rotatable bonds is 5. The molecule has 0 amide bonds. The number of hydrogen-bond donors (Lipinski definition) is 0. The van der Waals surface area contributed by atoms with E-state index >= 15 is 0 Å². The van der Waals surface area contributed by atoms with Crippen molar-refractivity contribution in [2.75, 3.05) is 6.61 Å². The molecule has 0 spiro atoms. The maximum Gasteiger partial charge on any atom is 0.125 e. The Kier molecular flexibility index (Phi) is 5.33. The maximum atomic E-state index is 5.86. The summed E-state index contributed by atoms with van der Waals surface area (Å²) in [7, 11) is 0. The van der Waals surface area contributed by atoms with E-state index in [9.17, 15) is 0 Å². The molecule has 16 heavy (non-hydrogen) atoms. The quantitative estimate of drug-likeness (QED) is 0.717. The lowest BCUT2D eigenvalue weighted by atomic mass is 10.1. The molecule has 2 heteroatoms. The van der Waals surface area contributed by atoms with E-state index in [2.05, 4.69) is 55.8 Å². The third-order valence-electron chi connectivity index (χ3n) is 2.62. The van der Waals surface area contributed by atoms with E-state index in [0.29, 0.717) is 5.92 Å². The van der Waals surface area contributed by atoms with Gasteiger partial charge in [0.1, 0.15) is 5.75 Å². The van der Waals surface area contributed by atoms with Crippen LogP contribution in [0, 0.1) is 19.8 Å². The minimum Gasteiger partial charge on any atom is -0.493 e. The van der Waals surface area contributed by atoms with Crippen LogP contribution in [-0.4, -0.2) is 6.61 Å². The van der Waals surface area contributed by atoms with E-state index in [0.717, 1.165) is 24.1 Å². The molecule has 0 heterocycles. The smallest absolute Gasteiger partial charge is 0.125 e. The van der Waals surface area contributed by atoms with Gasteiger partial charge in [0.15, 0.2) is 0 Å². The van der Waals surface area contributed by atoms with Crippen LogP contribution in [0.3, 0.4) is 0 Å². The van der Waals surface area contributed by atoms with Crippen molar-refractivity contribution in [3.8, 4) is 5.75 Å². The maximum absolute atomic E-state index is 5.86. The van der Waals surface area contributed by atoms with Crippen molar-refractivity contribution in [2.45, 2.75) is 39.4 Å². The molecule has 0 radical (unpaired) electrons. The van der Waals surface area contributed by atoms with Crippen LogP contribution in [0.15, 0.2) is 12.1 Å². The zero-order valence-electron chi connectivity index (χ0n) is 10.6. The van der Waals surface area contributed by atoms with Crippen molar-refractivity contribution in [2.24, 2.45) is 5.92 Å². The Morgan fingerprint density at radius 2 is 1.75 bits per heavy atom. The second-order valence-electron chi connectivity index (χ2n) is 4.72. The average Bonchev–Trinajstić information content (AvgIpc) is 2.21. The highest BCUT2D eigenvalue weighted by atomic mass is 79.9. The summed E-state index contributed by atoms with van der Waals surface area (Å²) >= 11 is 3.48. The van der Waals surface area contributed by atoms with Gasteiger partial charge in [0, 0.05) is 5.33 Å². The predicted molar refractivity (Wildman–Crippen MR) is 73.5 cm³/mol. The molecule has 1 aromatic rings. The van der Waals surface area contributed by atoms with E-state index in [1.165, 1.54) is 16.7 Å². The first-order valence-corrected chi connectivity index (χ1v) is 6.95. The van der Waals surface area contributed by atoms with Crippen LogP contribution in [0.1, 0.15) is 37.0 Å². The fourth-order valence-electron chi connectivity index (χ4n) is 1.74. The standard InChI is InChI=1S/C14H21BrO/c1-10(2)5-6-16-14-11(3)7-13(9-15)8-12(14)4/h7-8,10H,5-6,9H2,1-4H3. The Morgan fingerprint density at radius 3 is 2.19 bits per heavy atom. The Hall–Kier alpha value is -0.500. The van der Waals surface area contributed by atoms with Crippen molar-refractivity contribution in [1.82, 2.24) is 0 Å². The third kappa shape index (κ3) is 3.82. The fraction of sp³-hybridized carbons (Fsp3) is 0.571. The highest BCUT2D eigenvalue weighted by Crippen LogP contribution is 2.26. The van der Waals surface area contributed by atoms with E-state index in [4.69, 9.17) is 4.74 Å². The van der Waals surface area contributed by atoms with Crippen LogP contribution < -0.4 is 4.74 Å². The van der Waals surface area contributed by atoms with Crippen molar-refractivity contribution >= 4 is 15.9 Å². The van der Waals surface area contributed by atoms with Crippen molar-refractivity contribution < 1.29 is 4.74 Å². The first-order chi connectivity index (χ1) is 7.54. The van der Waals surface area contributed by atoms with Crippen molar-refractivity contribution in [3.05, 3.63) is 28.8 Å². The van der Waals surface area contributed by atoms with Crippen LogP contribution in [0.2, 0.25) is 0 Å². The minimum atomic E-state index is 0.697. The van der Waals surface area contributed by atoms with Crippen LogP contribution in [-0.2, 0) is 5.33 Å². The molecule has 1 aromatic carbocycles. The number of hydrogen-bond acceptors (Lipinski definition) is 1. The first-order valence-electron chi connectivity index (χ1n) is 5.83. The fourth-order valence-corrected chi connectivity index (χ4v) is 2.07. The molecular weight excluding hydrogens is 264 g/mol. The van der Waals surface area contributed by atoms with Gasteiger partial charge in [0.05, 0.1) is 6.61 Å². The summed E-state index contributed by atoms with van der Waals surface area (Å²) in [5.74, 6) is 1.76. The summed E-state index contributed by atoms with van der Waals surface area (Å²) in [5, 5.41) is 0.904. The molecule has 1 rings (SSSR count). The monoisotopic (exact) mass is 284 g/mol. The molecule has 0 saturated heterocycles. The zero-order valence-corrected chi connectivity index (χ0v) is 12.2. The first kappa shape index (κ1) is 13.6. The summed E-state index contributed by atoms with van der Waals surface area (Å²) in [5.41, 5.74) is 3.78. The van der Waals surface area contributed by atoms with Gasteiger partial charge in [0.25, 0.3) is 0 Å². The Labute approximate surface area is 107 Å². The van der Waals surface area contributed by atoms with E-state index < -0.39 is 0 Å². The highest BCUT2D eigenvalue weighted by Gasteiger charge is 2.06. The molecule has 0 fully saturated rings. The topological polar surface area (TPSA) is 9.23 Å². The lowest BCUT2D eigenvalue weighted by Crippen LogP contribution is -2.04. The van der Waals surface area contributed by atoms with Gasteiger partial charge in [-0.2, -0.15) is 0 Å². The third-order valence-corrected chi connectivity index (χ3v) is 3.26. The molecule has 0 bridgehead atoms. The zero-order chi connectivity index (χ0) is 12.1. The van der Waals surface area contributed by atoms with Gasteiger partial charge >= 0.3 is 0 Å². The van der Waals surface area contributed by atoms with E-state index in [-0.39, 0.29) is 0 Å².